The van der Waals surface area contributed by atoms with Gasteiger partial charge >= 0.3 is 6.36 Å². The van der Waals surface area contributed by atoms with E-state index in [9.17, 15) is 22.0 Å². The summed E-state index contributed by atoms with van der Waals surface area (Å²) in [7, 11) is 0. The second-order valence-electron chi connectivity index (χ2n) is 2.85. The number of rotatable bonds is 3. The van der Waals surface area contributed by atoms with Crippen LogP contribution in [0.2, 0.25) is 5.02 Å². The van der Waals surface area contributed by atoms with Crippen molar-refractivity contribution in [3.63, 3.8) is 0 Å². The van der Waals surface area contributed by atoms with Crippen LogP contribution >= 0.6 is 11.6 Å². The second kappa shape index (κ2) is 5.01. The van der Waals surface area contributed by atoms with Crippen LogP contribution < -0.4 is 10.5 Å². The molecule has 0 saturated heterocycles. The van der Waals surface area contributed by atoms with Crippen LogP contribution in [0, 0.1) is 0 Å². The standard InChI is InChI=1S/C8H6ClF5N2O/c9-3-1-5(17-8(12,13)14)6(7(10)11)16-4(3)2-15/h1,7H,2,15H2. The maximum Gasteiger partial charge on any atom is 0.573 e. The molecule has 0 amide bonds. The van der Waals surface area contributed by atoms with Crippen LogP contribution in [-0.4, -0.2) is 11.3 Å². The molecule has 0 bridgehead atoms. The first-order valence-corrected chi connectivity index (χ1v) is 4.55. The van der Waals surface area contributed by atoms with E-state index in [0.717, 1.165) is 0 Å². The summed E-state index contributed by atoms with van der Waals surface area (Å²) in [6.45, 7) is -0.273. The van der Waals surface area contributed by atoms with Gasteiger partial charge in [0.05, 0.1) is 10.7 Å². The summed E-state index contributed by atoms with van der Waals surface area (Å²) in [6, 6.07) is 0.617. The molecule has 1 aromatic rings. The zero-order valence-electron chi connectivity index (χ0n) is 8.06. The number of hydrogen-bond donors (Lipinski definition) is 1. The normalized spacial score (nSPS) is 12.0. The van der Waals surface area contributed by atoms with E-state index in [0.29, 0.717) is 6.07 Å². The van der Waals surface area contributed by atoms with Gasteiger partial charge in [-0.2, -0.15) is 0 Å². The number of alkyl halides is 5. The van der Waals surface area contributed by atoms with E-state index in [1.54, 1.807) is 0 Å². The van der Waals surface area contributed by atoms with E-state index in [1.165, 1.54) is 0 Å². The molecule has 1 rings (SSSR count). The lowest BCUT2D eigenvalue weighted by Gasteiger charge is -2.14. The predicted molar refractivity (Wildman–Crippen MR) is 48.8 cm³/mol. The van der Waals surface area contributed by atoms with Crippen LogP contribution in [0.1, 0.15) is 17.8 Å². The number of nitrogens with zero attached hydrogens (tertiary/aromatic N) is 1. The van der Waals surface area contributed by atoms with Crippen LogP contribution in [0.25, 0.3) is 0 Å². The van der Waals surface area contributed by atoms with Crippen LogP contribution in [0.3, 0.4) is 0 Å². The lowest BCUT2D eigenvalue weighted by atomic mass is 10.2. The van der Waals surface area contributed by atoms with Gasteiger partial charge in [-0.1, -0.05) is 11.6 Å². The Kier molecular flexibility index (Phi) is 4.10. The molecule has 0 fully saturated rings. The van der Waals surface area contributed by atoms with Crippen molar-refractivity contribution >= 4 is 11.6 Å². The highest BCUT2D eigenvalue weighted by atomic mass is 35.5. The zero-order valence-corrected chi connectivity index (χ0v) is 8.82. The summed E-state index contributed by atoms with van der Waals surface area (Å²) in [5.41, 5.74) is 3.87. The average Bonchev–Trinajstić information content (AvgIpc) is 2.14. The Morgan fingerprint density at radius 3 is 2.41 bits per heavy atom. The maximum absolute atomic E-state index is 12.5. The number of pyridine rings is 1. The first-order chi connectivity index (χ1) is 7.74. The monoisotopic (exact) mass is 276 g/mol. The number of halogens is 6. The van der Waals surface area contributed by atoms with Gasteiger partial charge in [0.1, 0.15) is 5.69 Å². The first kappa shape index (κ1) is 13.9. The largest absolute Gasteiger partial charge is 0.573 e. The van der Waals surface area contributed by atoms with E-state index >= 15 is 0 Å². The van der Waals surface area contributed by atoms with Gasteiger partial charge in [-0.3, -0.25) is 0 Å². The minimum atomic E-state index is -5.10. The van der Waals surface area contributed by atoms with Crippen molar-refractivity contribution in [2.45, 2.75) is 19.3 Å². The number of ether oxygens (including phenoxy) is 1. The van der Waals surface area contributed by atoms with Gasteiger partial charge in [-0.05, 0) is 0 Å². The molecular weight excluding hydrogens is 271 g/mol. The molecule has 0 unspecified atom stereocenters. The molecular formula is C8H6ClF5N2O. The minimum Gasteiger partial charge on any atom is -0.404 e. The lowest BCUT2D eigenvalue weighted by Crippen LogP contribution is -2.19. The molecule has 17 heavy (non-hydrogen) atoms. The van der Waals surface area contributed by atoms with Gasteiger partial charge in [0.2, 0.25) is 0 Å². The zero-order chi connectivity index (χ0) is 13.2. The maximum atomic E-state index is 12.5. The summed E-state index contributed by atoms with van der Waals surface area (Å²) in [5.74, 6) is -1.13. The van der Waals surface area contributed by atoms with E-state index in [2.05, 4.69) is 9.72 Å². The summed E-state index contributed by atoms with van der Waals surface area (Å²) in [6.07, 6.45) is -8.33. The highest BCUT2D eigenvalue weighted by Gasteiger charge is 2.34. The molecule has 9 heteroatoms. The van der Waals surface area contributed by atoms with Crippen molar-refractivity contribution in [3.8, 4) is 5.75 Å². The average molecular weight is 277 g/mol. The Labute approximate surface area is 97.3 Å². The summed E-state index contributed by atoms with van der Waals surface area (Å²) < 4.78 is 64.1. The van der Waals surface area contributed by atoms with Crippen LogP contribution in [0.5, 0.6) is 5.75 Å². The fourth-order valence-corrected chi connectivity index (χ4v) is 1.25. The van der Waals surface area contributed by atoms with Gasteiger partial charge in [0, 0.05) is 12.6 Å². The molecule has 0 atom stereocenters. The van der Waals surface area contributed by atoms with Crippen molar-refractivity contribution < 1.29 is 26.7 Å². The van der Waals surface area contributed by atoms with Gasteiger partial charge < -0.3 is 10.5 Å². The topological polar surface area (TPSA) is 48.1 Å². The van der Waals surface area contributed by atoms with Gasteiger partial charge in [-0.15, -0.1) is 13.2 Å². The van der Waals surface area contributed by atoms with E-state index in [4.69, 9.17) is 17.3 Å². The smallest absolute Gasteiger partial charge is 0.404 e. The SMILES string of the molecule is NCc1nc(C(F)F)c(OC(F)(F)F)cc1Cl. The fourth-order valence-electron chi connectivity index (χ4n) is 1.03. The number of aromatic nitrogens is 1. The Bertz CT molecular complexity index is 410. The molecule has 1 aromatic heterocycles. The lowest BCUT2D eigenvalue weighted by molar-refractivity contribution is -0.275. The number of hydrogen-bond acceptors (Lipinski definition) is 3. The molecule has 0 aliphatic carbocycles. The van der Waals surface area contributed by atoms with E-state index in [1.807, 2.05) is 0 Å². The highest BCUT2D eigenvalue weighted by Crippen LogP contribution is 2.34. The Morgan fingerprint density at radius 2 is 2.00 bits per heavy atom. The van der Waals surface area contributed by atoms with Gasteiger partial charge in [0.25, 0.3) is 6.43 Å². The molecule has 0 aromatic carbocycles. The molecule has 0 saturated carbocycles. The van der Waals surface area contributed by atoms with Crippen molar-refractivity contribution in [2.75, 3.05) is 0 Å². The van der Waals surface area contributed by atoms with Crippen molar-refractivity contribution in [1.29, 1.82) is 0 Å². The Morgan fingerprint density at radius 1 is 1.41 bits per heavy atom. The first-order valence-electron chi connectivity index (χ1n) is 4.18. The molecule has 0 aliphatic rings. The second-order valence-corrected chi connectivity index (χ2v) is 3.26. The fraction of sp³-hybridized carbons (Fsp3) is 0.375. The van der Waals surface area contributed by atoms with Crippen molar-refractivity contribution in [2.24, 2.45) is 5.73 Å². The van der Waals surface area contributed by atoms with Crippen LogP contribution in [0.4, 0.5) is 22.0 Å². The Hall–Kier alpha value is -1.15. The minimum absolute atomic E-state index is 0.128. The van der Waals surface area contributed by atoms with Crippen LogP contribution in [-0.2, 0) is 6.54 Å². The molecule has 0 aliphatic heterocycles. The predicted octanol–water partition coefficient (Wildman–Crippen LogP) is 3.03. The highest BCUT2D eigenvalue weighted by molar-refractivity contribution is 6.31. The van der Waals surface area contributed by atoms with Gasteiger partial charge in [0.15, 0.2) is 5.75 Å². The van der Waals surface area contributed by atoms with Crippen molar-refractivity contribution in [3.05, 3.63) is 22.5 Å². The number of nitrogens with two attached hydrogens (primary N) is 1. The molecule has 0 radical (unpaired) electrons. The van der Waals surface area contributed by atoms with E-state index in [-0.39, 0.29) is 17.3 Å². The molecule has 2 N–H and O–H groups in total. The molecule has 1 heterocycles. The third kappa shape index (κ3) is 3.67. The summed E-state index contributed by atoms with van der Waals surface area (Å²) in [5, 5.41) is -0.267. The van der Waals surface area contributed by atoms with E-state index < -0.39 is 24.2 Å². The quantitative estimate of drug-likeness (QED) is 0.863. The van der Waals surface area contributed by atoms with Crippen LogP contribution in [0.15, 0.2) is 6.07 Å². The molecule has 3 nitrogen and oxygen atoms in total. The summed E-state index contributed by atoms with van der Waals surface area (Å²) >= 11 is 5.50. The van der Waals surface area contributed by atoms with Crippen molar-refractivity contribution in [1.82, 2.24) is 4.98 Å². The third-order valence-corrected chi connectivity index (χ3v) is 1.99. The van der Waals surface area contributed by atoms with Gasteiger partial charge in [-0.25, -0.2) is 13.8 Å². The molecule has 0 spiro atoms. The Balaban J connectivity index is 3.23. The molecule has 96 valence electrons. The summed E-state index contributed by atoms with van der Waals surface area (Å²) in [4.78, 5) is 3.24. The third-order valence-electron chi connectivity index (χ3n) is 1.67.